The molecule has 3 aromatic rings. The van der Waals surface area contributed by atoms with Crippen LogP contribution in [0.2, 0.25) is 0 Å². The van der Waals surface area contributed by atoms with Crippen molar-refractivity contribution in [1.82, 2.24) is 9.99 Å². The molecule has 134 valence electrons. The number of nitrogens with two attached hydrogens (primary N) is 1. The van der Waals surface area contributed by atoms with E-state index in [1.807, 2.05) is 59.3 Å². The van der Waals surface area contributed by atoms with Gasteiger partial charge in [0.25, 0.3) is 0 Å². The Morgan fingerprint density at radius 3 is 2.81 bits per heavy atom. The van der Waals surface area contributed by atoms with Gasteiger partial charge >= 0.3 is 0 Å². The Balaban J connectivity index is 1.73. The van der Waals surface area contributed by atoms with Crippen molar-refractivity contribution in [3.05, 3.63) is 65.9 Å². The normalized spacial score (nSPS) is 11.1. The average Bonchev–Trinajstić information content (AvgIpc) is 3.02. The first-order valence-electron chi connectivity index (χ1n) is 8.43. The summed E-state index contributed by atoms with van der Waals surface area (Å²) < 4.78 is 7.36. The van der Waals surface area contributed by atoms with E-state index in [0.717, 1.165) is 27.8 Å². The summed E-state index contributed by atoms with van der Waals surface area (Å²) in [5.41, 5.74) is 11.4. The lowest BCUT2D eigenvalue weighted by Gasteiger charge is -2.07. The number of aromatic nitrogens is 1. The van der Waals surface area contributed by atoms with Gasteiger partial charge in [-0.05, 0) is 12.1 Å². The molecular weight excluding hydrogens is 328 g/mol. The summed E-state index contributed by atoms with van der Waals surface area (Å²) in [5, 5.41) is 5.42. The minimum Gasteiger partial charge on any atom is -0.496 e. The van der Waals surface area contributed by atoms with Gasteiger partial charge < -0.3 is 20.5 Å². The SMILES string of the molecule is COc1ccccc1CN/N=C\c1cn(CCC(N)=O)c2ccccc12. The molecule has 0 unspecified atom stereocenters. The van der Waals surface area contributed by atoms with Crippen LogP contribution in [0.3, 0.4) is 0 Å². The van der Waals surface area contributed by atoms with Gasteiger partial charge in [0.2, 0.25) is 5.91 Å². The van der Waals surface area contributed by atoms with Crippen LogP contribution in [0.4, 0.5) is 0 Å². The minimum atomic E-state index is -0.309. The number of carbonyl (C=O) groups is 1. The van der Waals surface area contributed by atoms with Crippen LogP contribution in [0.1, 0.15) is 17.5 Å². The van der Waals surface area contributed by atoms with Gasteiger partial charge in [0, 0.05) is 41.2 Å². The highest BCUT2D eigenvalue weighted by Gasteiger charge is 2.07. The first-order valence-corrected chi connectivity index (χ1v) is 8.43. The van der Waals surface area contributed by atoms with E-state index in [9.17, 15) is 4.79 Å². The number of para-hydroxylation sites is 2. The van der Waals surface area contributed by atoms with Crippen LogP contribution in [0.15, 0.2) is 59.8 Å². The van der Waals surface area contributed by atoms with Gasteiger partial charge in [0.05, 0.1) is 19.9 Å². The zero-order valence-corrected chi connectivity index (χ0v) is 14.7. The number of aryl methyl sites for hydroxylation is 1. The smallest absolute Gasteiger partial charge is 0.219 e. The second-order valence-corrected chi connectivity index (χ2v) is 5.92. The third-order valence-electron chi connectivity index (χ3n) is 4.18. The van der Waals surface area contributed by atoms with Crippen LogP contribution in [0.25, 0.3) is 10.9 Å². The van der Waals surface area contributed by atoms with Crippen LogP contribution in [0, 0.1) is 0 Å². The molecule has 0 bridgehead atoms. The summed E-state index contributed by atoms with van der Waals surface area (Å²) >= 11 is 0. The topological polar surface area (TPSA) is 81.6 Å². The molecule has 0 aliphatic carbocycles. The Hall–Kier alpha value is -3.28. The van der Waals surface area contributed by atoms with E-state index in [2.05, 4.69) is 10.5 Å². The lowest BCUT2D eigenvalue weighted by molar-refractivity contribution is -0.118. The molecule has 0 aliphatic rings. The van der Waals surface area contributed by atoms with Gasteiger partial charge in [-0.3, -0.25) is 4.79 Å². The molecule has 1 amide bonds. The number of nitrogens with one attached hydrogen (secondary N) is 1. The molecule has 0 fully saturated rings. The van der Waals surface area contributed by atoms with E-state index in [1.165, 1.54) is 0 Å². The van der Waals surface area contributed by atoms with E-state index in [4.69, 9.17) is 10.5 Å². The molecule has 0 atom stereocenters. The summed E-state index contributed by atoms with van der Waals surface area (Å²) in [4.78, 5) is 11.1. The van der Waals surface area contributed by atoms with Crippen molar-refractivity contribution in [2.45, 2.75) is 19.5 Å². The van der Waals surface area contributed by atoms with Crippen molar-refractivity contribution in [3.8, 4) is 5.75 Å². The number of hydrogen-bond acceptors (Lipinski definition) is 4. The Labute approximate surface area is 152 Å². The highest BCUT2D eigenvalue weighted by Crippen LogP contribution is 2.20. The van der Waals surface area contributed by atoms with Crippen LogP contribution in [-0.4, -0.2) is 23.8 Å². The summed E-state index contributed by atoms with van der Waals surface area (Å²) in [7, 11) is 1.66. The van der Waals surface area contributed by atoms with Crippen LogP contribution in [-0.2, 0) is 17.9 Å². The Kier molecular flexibility index (Phi) is 5.53. The zero-order valence-electron chi connectivity index (χ0n) is 14.7. The molecule has 0 saturated carbocycles. The first kappa shape index (κ1) is 17.5. The third-order valence-corrected chi connectivity index (χ3v) is 4.18. The van der Waals surface area contributed by atoms with E-state index in [-0.39, 0.29) is 5.91 Å². The van der Waals surface area contributed by atoms with Crippen LogP contribution < -0.4 is 15.9 Å². The van der Waals surface area contributed by atoms with Crippen LogP contribution in [0.5, 0.6) is 5.75 Å². The number of hydrazone groups is 1. The Morgan fingerprint density at radius 2 is 2.00 bits per heavy atom. The maximum Gasteiger partial charge on any atom is 0.219 e. The highest BCUT2D eigenvalue weighted by molar-refractivity contribution is 5.99. The Bertz CT molecular complexity index is 930. The summed E-state index contributed by atoms with van der Waals surface area (Å²) in [5.74, 6) is 0.523. The van der Waals surface area contributed by atoms with E-state index < -0.39 is 0 Å². The first-order chi connectivity index (χ1) is 12.7. The molecule has 1 aromatic heterocycles. The fourth-order valence-corrected chi connectivity index (χ4v) is 2.89. The lowest BCUT2D eigenvalue weighted by Crippen LogP contribution is -2.13. The fourth-order valence-electron chi connectivity index (χ4n) is 2.89. The summed E-state index contributed by atoms with van der Waals surface area (Å²) in [6.45, 7) is 1.12. The van der Waals surface area contributed by atoms with Crippen molar-refractivity contribution in [3.63, 3.8) is 0 Å². The molecule has 1 heterocycles. The number of carbonyl (C=O) groups excluding carboxylic acids is 1. The number of nitrogens with zero attached hydrogens (tertiary/aromatic N) is 2. The molecule has 0 radical (unpaired) electrons. The van der Waals surface area contributed by atoms with E-state index in [1.54, 1.807) is 13.3 Å². The molecule has 6 nitrogen and oxygen atoms in total. The third kappa shape index (κ3) is 4.03. The number of rotatable bonds is 8. The molecule has 3 rings (SSSR count). The van der Waals surface area contributed by atoms with Gasteiger partial charge in [-0.25, -0.2) is 0 Å². The van der Waals surface area contributed by atoms with Gasteiger partial charge in [-0.1, -0.05) is 36.4 Å². The number of amides is 1. The van der Waals surface area contributed by atoms with Crippen molar-refractivity contribution >= 4 is 23.0 Å². The predicted molar refractivity (Wildman–Crippen MR) is 103 cm³/mol. The summed E-state index contributed by atoms with van der Waals surface area (Å²) in [6.07, 6.45) is 4.09. The second-order valence-electron chi connectivity index (χ2n) is 5.92. The fraction of sp³-hybridized carbons (Fsp3) is 0.200. The highest BCUT2D eigenvalue weighted by atomic mass is 16.5. The van der Waals surface area contributed by atoms with Gasteiger partial charge in [-0.2, -0.15) is 5.10 Å². The van der Waals surface area contributed by atoms with Gasteiger partial charge in [0.15, 0.2) is 0 Å². The van der Waals surface area contributed by atoms with Crippen molar-refractivity contribution in [2.24, 2.45) is 10.8 Å². The number of ether oxygens (including phenoxy) is 1. The molecule has 0 spiro atoms. The lowest BCUT2D eigenvalue weighted by atomic mass is 10.2. The molecular formula is C20H22N4O2. The zero-order chi connectivity index (χ0) is 18.4. The van der Waals surface area contributed by atoms with E-state index >= 15 is 0 Å². The van der Waals surface area contributed by atoms with E-state index in [0.29, 0.717) is 19.5 Å². The van der Waals surface area contributed by atoms with Crippen molar-refractivity contribution in [2.75, 3.05) is 7.11 Å². The molecule has 0 saturated heterocycles. The van der Waals surface area contributed by atoms with Crippen molar-refractivity contribution < 1.29 is 9.53 Å². The monoisotopic (exact) mass is 350 g/mol. The maximum atomic E-state index is 11.1. The number of methoxy groups -OCH3 is 1. The minimum absolute atomic E-state index is 0.307. The molecule has 2 aromatic carbocycles. The Morgan fingerprint density at radius 1 is 1.23 bits per heavy atom. The molecule has 6 heteroatoms. The largest absolute Gasteiger partial charge is 0.496 e. The quantitative estimate of drug-likeness (QED) is 0.484. The van der Waals surface area contributed by atoms with Gasteiger partial charge in [-0.15, -0.1) is 0 Å². The molecule has 26 heavy (non-hydrogen) atoms. The predicted octanol–water partition coefficient (Wildman–Crippen LogP) is 2.65. The second kappa shape index (κ2) is 8.20. The van der Waals surface area contributed by atoms with Crippen molar-refractivity contribution in [1.29, 1.82) is 0 Å². The van der Waals surface area contributed by atoms with Crippen LogP contribution >= 0.6 is 0 Å². The number of primary amides is 1. The van der Waals surface area contributed by atoms with Gasteiger partial charge in [0.1, 0.15) is 5.75 Å². The maximum absolute atomic E-state index is 11.1. The average molecular weight is 350 g/mol. The summed E-state index contributed by atoms with van der Waals surface area (Å²) in [6, 6.07) is 15.9. The number of benzene rings is 2. The standard InChI is InChI=1S/C20H22N4O2/c1-26-19-9-5-2-6-15(19)12-22-23-13-16-14-24(11-10-20(21)25)18-8-4-3-7-17(16)18/h2-9,13-14,22H,10-12H2,1H3,(H2,21,25)/b23-13-. The molecule has 3 N–H and O–H groups in total. The number of hydrogen-bond donors (Lipinski definition) is 2. The number of fused-ring (bicyclic) bond motifs is 1. The molecule has 0 aliphatic heterocycles.